The number of nitrogens with zero attached hydrogens (tertiary/aromatic N) is 2. The molecule has 9 nitrogen and oxygen atoms in total. The molecule has 12 heteroatoms. The Morgan fingerprint density at radius 2 is 1.45 bits per heavy atom. The zero-order chi connectivity index (χ0) is 23.2. The van der Waals surface area contributed by atoms with Crippen molar-refractivity contribution < 1.29 is 30.8 Å². The fourth-order valence-corrected chi connectivity index (χ4v) is 4.80. The van der Waals surface area contributed by atoms with Gasteiger partial charge in [-0.05, 0) is 48.5 Å². The van der Waals surface area contributed by atoms with Gasteiger partial charge in [0.1, 0.15) is 5.82 Å². The van der Waals surface area contributed by atoms with Crippen LogP contribution in [0.25, 0.3) is 0 Å². The summed E-state index contributed by atoms with van der Waals surface area (Å²) in [6.45, 7) is -0.579. The largest absolute Gasteiger partial charge is 0.383 e. The van der Waals surface area contributed by atoms with Crippen LogP contribution in [0.1, 0.15) is 0 Å². The van der Waals surface area contributed by atoms with E-state index in [9.17, 15) is 26.0 Å². The monoisotopic (exact) mass is 473 g/mol. The average molecular weight is 474 g/mol. The summed E-state index contributed by atoms with van der Waals surface area (Å²) in [5.74, 6) is -1.10. The zero-order valence-corrected chi connectivity index (χ0v) is 18.9. The number of amides is 1. The third kappa shape index (κ3) is 6.31. The fourth-order valence-electron chi connectivity index (χ4n) is 2.51. The van der Waals surface area contributed by atoms with Crippen molar-refractivity contribution in [3.8, 4) is 0 Å². The van der Waals surface area contributed by atoms with Crippen molar-refractivity contribution in [1.29, 1.82) is 0 Å². The number of methoxy groups -OCH3 is 1. The van der Waals surface area contributed by atoms with Gasteiger partial charge in [-0.2, -0.15) is 4.31 Å². The number of benzene rings is 2. The number of carbonyl (C=O) groups excluding carboxylic acids is 1. The molecule has 0 unspecified atom stereocenters. The van der Waals surface area contributed by atoms with Crippen LogP contribution in [0.2, 0.25) is 0 Å². The van der Waals surface area contributed by atoms with Crippen LogP contribution in [-0.2, 0) is 29.6 Å². The van der Waals surface area contributed by atoms with Crippen LogP contribution in [0.3, 0.4) is 0 Å². The topological polar surface area (TPSA) is 113 Å². The highest BCUT2D eigenvalue weighted by atomic mass is 32.2. The van der Waals surface area contributed by atoms with Crippen molar-refractivity contribution in [1.82, 2.24) is 8.61 Å². The van der Waals surface area contributed by atoms with Crippen LogP contribution >= 0.6 is 0 Å². The smallest absolute Gasteiger partial charge is 0.243 e. The predicted octanol–water partition coefficient (Wildman–Crippen LogP) is 1.35. The van der Waals surface area contributed by atoms with Crippen molar-refractivity contribution in [2.24, 2.45) is 0 Å². The molecule has 0 saturated heterocycles. The van der Waals surface area contributed by atoms with Gasteiger partial charge in [-0.15, -0.1) is 0 Å². The lowest BCUT2D eigenvalue weighted by Crippen LogP contribution is -2.40. The van der Waals surface area contributed by atoms with Gasteiger partial charge < -0.3 is 10.1 Å². The van der Waals surface area contributed by atoms with Gasteiger partial charge in [-0.1, -0.05) is 0 Å². The minimum atomic E-state index is -4.13. The van der Waals surface area contributed by atoms with Gasteiger partial charge in [-0.25, -0.2) is 25.5 Å². The molecule has 31 heavy (non-hydrogen) atoms. The molecule has 0 fully saturated rings. The Labute approximate surface area is 181 Å². The molecule has 0 atom stereocenters. The standard InChI is InChI=1S/C19H24FN3O6S2/c1-22(2)30(25,26)17-8-10-18(11-9-17)31(27,28)23(12-13-29-3)14-19(24)21-16-6-4-15(20)5-7-16/h4-11H,12-14H2,1-3H3,(H,21,24). The molecule has 2 rings (SSSR count). The Kier molecular flexibility index (Phi) is 8.26. The number of halogens is 1. The molecule has 0 aromatic heterocycles. The molecule has 0 bridgehead atoms. The zero-order valence-electron chi connectivity index (χ0n) is 17.3. The summed E-state index contributed by atoms with van der Waals surface area (Å²) in [4.78, 5) is 12.1. The molecule has 0 heterocycles. The number of nitrogens with one attached hydrogen (secondary N) is 1. The summed E-state index contributed by atoms with van der Waals surface area (Å²) in [7, 11) is -3.71. The van der Waals surface area contributed by atoms with Crippen LogP contribution in [0.15, 0.2) is 58.3 Å². The highest BCUT2D eigenvalue weighted by molar-refractivity contribution is 7.89. The molecule has 0 radical (unpaired) electrons. The van der Waals surface area contributed by atoms with Crippen molar-refractivity contribution in [2.45, 2.75) is 9.79 Å². The minimum absolute atomic E-state index is 0.0378. The second-order valence-electron chi connectivity index (χ2n) is 6.65. The Balaban J connectivity index is 2.24. The molecule has 1 amide bonds. The van der Waals surface area contributed by atoms with Gasteiger partial charge in [0.25, 0.3) is 0 Å². The SMILES string of the molecule is COCCN(CC(=O)Nc1ccc(F)cc1)S(=O)(=O)c1ccc(S(=O)(=O)N(C)C)cc1. The van der Waals surface area contributed by atoms with Crippen LogP contribution < -0.4 is 5.32 Å². The van der Waals surface area contributed by atoms with E-state index in [1.807, 2.05) is 0 Å². The quantitative estimate of drug-likeness (QED) is 0.557. The second-order valence-corrected chi connectivity index (χ2v) is 10.7. The summed E-state index contributed by atoms with van der Waals surface area (Å²) in [6, 6.07) is 9.75. The first kappa shape index (κ1) is 24.9. The highest BCUT2D eigenvalue weighted by Crippen LogP contribution is 2.20. The minimum Gasteiger partial charge on any atom is -0.383 e. The first-order valence-electron chi connectivity index (χ1n) is 9.05. The van der Waals surface area contributed by atoms with E-state index in [1.54, 1.807) is 0 Å². The van der Waals surface area contributed by atoms with E-state index in [-0.39, 0.29) is 22.9 Å². The number of carbonyl (C=O) groups is 1. The lowest BCUT2D eigenvalue weighted by Gasteiger charge is -2.22. The maximum absolute atomic E-state index is 13.0. The molecular weight excluding hydrogens is 449 g/mol. The molecule has 1 N–H and O–H groups in total. The fraction of sp³-hybridized carbons (Fsp3) is 0.316. The van der Waals surface area contributed by atoms with Crippen LogP contribution in [0.5, 0.6) is 0 Å². The maximum atomic E-state index is 13.0. The molecular formula is C19H24FN3O6S2. The highest BCUT2D eigenvalue weighted by Gasteiger charge is 2.27. The molecule has 0 aliphatic heterocycles. The van der Waals surface area contributed by atoms with Crippen molar-refractivity contribution in [2.75, 3.05) is 46.2 Å². The Morgan fingerprint density at radius 1 is 0.935 bits per heavy atom. The first-order valence-corrected chi connectivity index (χ1v) is 11.9. The van der Waals surface area contributed by atoms with E-state index in [0.717, 1.165) is 8.61 Å². The van der Waals surface area contributed by atoms with Crippen LogP contribution in [0.4, 0.5) is 10.1 Å². The summed E-state index contributed by atoms with van der Waals surface area (Å²) >= 11 is 0. The summed E-state index contributed by atoms with van der Waals surface area (Å²) in [6.07, 6.45) is 0. The van der Waals surface area contributed by atoms with Gasteiger partial charge in [0, 0.05) is 33.4 Å². The number of sulfonamides is 2. The summed E-state index contributed by atoms with van der Waals surface area (Å²) in [5.41, 5.74) is 0.314. The summed E-state index contributed by atoms with van der Waals surface area (Å²) in [5, 5.41) is 2.50. The van der Waals surface area contributed by atoms with Crippen molar-refractivity contribution in [3.63, 3.8) is 0 Å². The average Bonchev–Trinajstić information content (AvgIpc) is 2.72. The van der Waals surface area contributed by atoms with Crippen molar-refractivity contribution in [3.05, 3.63) is 54.3 Å². The normalized spacial score (nSPS) is 12.3. The number of anilines is 1. The second kappa shape index (κ2) is 10.3. The molecule has 0 aliphatic rings. The van der Waals surface area contributed by atoms with Gasteiger partial charge >= 0.3 is 0 Å². The van der Waals surface area contributed by atoms with Gasteiger partial charge in [0.05, 0.1) is 22.9 Å². The Morgan fingerprint density at radius 3 is 1.94 bits per heavy atom. The third-order valence-corrected chi connectivity index (χ3v) is 7.92. The van der Waals surface area contributed by atoms with Gasteiger partial charge in [0.15, 0.2) is 0 Å². The number of ether oxygens (including phenoxy) is 1. The van der Waals surface area contributed by atoms with E-state index in [4.69, 9.17) is 4.74 Å². The number of hydrogen-bond acceptors (Lipinski definition) is 6. The molecule has 0 aliphatic carbocycles. The van der Waals surface area contributed by atoms with Crippen LogP contribution in [-0.4, -0.2) is 72.3 Å². The third-order valence-electron chi connectivity index (χ3n) is 4.23. The van der Waals surface area contributed by atoms with Crippen LogP contribution in [0, 0.1) is 5.82 Å². The molecule has 170 valence electrons. The van der Waals surface area contributed by atoms with E-state index in [2.05, 4.69) is 5.32 Å². The Bertz CT molecular complexity index is 1100. The van der Waals surface area contributed by atoms with Gasteiger partial charge in [-0.3, -0.25) is 4.79 Å². The number of rotatable bonds is 10. The lowest BCUT2D eigenvalue weighted by atomic mass is 10.3. The van der Waals surface area contributed by atoms with Crippen molar-refractivity contribution >= 4 is 31.6 Å². The Hall–Kier alpha value is -2.38. The molecule has 2 aromatic carbocycles. The predicted molar refractivity (Wildman–Crippen MR) is 113 cm³/mol. The molecule has 2 aromatic rings. The van der Waals surface area contributed by atoms with E-state index in [0.29, 0.717) is 5.69 Å². The molecule has 0 spiro atoms. The molecule has 0 saturated carbocycles. The number of hydrogen-bond donors (Lipinski definition) is 1. The van der Waals surface area contributed by atoms with E-state index >= 15 is 0 Å². The summed E-state index contributed by atoms with van der Waals surface area (Å²) < 4.78 is 70.3. The first-order chi connectivity index (χ1) is 14.5. The lowest BCUT2D eigenvalue weighted by molar-refractivity contribution is -0.116. The van der Waals surface area contributed by atoms with Gasteiger partial charge in [0.2, 0.25) is 26.0 Å². The van der Waals surface area contributed by atoms with E-state index in [1.165, 1.54) is 69.7 Å². The van der Waals surface area contributed by atoms with E-state index < -0.39 is 38.3 Å². The maximum Gasteiger partial charge on any atom is 0.243 e.